The van der Waals surface area contributed by atoms with Crippen molar-refractivity contribution in [3.8, 4) is 0 Å². The first kappa shape index (κ1) is 13.1. The summed E-state index contributed by atoms with van der Waals surface area (Å²) in [6.07, 6.45) is 9.86. The average molecular weight is 262 g/mol. The van der Waals surface area contributed by atoms with E-state index in [1.165, 1.54) is 44.3 Å². The summed E-state index contributed by atoms with van der Waals surface area (Å²) in [4.78, 5) is 0. The molecule has 2 N–H and O–H groups in total. The molecule has 2 aliphatic rings. The molecule has 4 heteroatoms. The molecule has 1 aliphatic carbocycles. The summed E-state index contributed by atoms with van der Waals surface area (Å²) in [7, 11) is 2.02. The van der Waals surface area contributed by atoms with Crippen molar-refractivity contribution in [3.63, 3.8) is 0 Å². The van der Waals surface area contributed by atoms with Gasteiger partial charge in [0, 0.05) is 44.0 Å². The number of nitrogens with zero attached hydrogens (tertiary/aromatic N) is 2. The number of nitrogens with one attached hydrogen (secondary N) is 2. The Kier molecular flexibility index (Phi) is 4.18. The molecule has 2 heterocycles. The summed E-state index contributed by atoms with van der Waals surface area (Å²) < 4.78 is 1.98. The van der Waals surface area contributed by atoms with Crippen molar-refractivity contribution >= 4 is 0 Å². The zero-order valence-corrected chi connectivity index (χ0v) is 11.9. The van der Waals surface area contributed by atoms with Gasteiger partial charge in [0.05, 0.1) is 0 Å². The van der Waals surface area contributed by atoms with Crippen LogP contribution in [0.4, 0.5) is 0 Å². The van der Waals surface area contributed by atoms with Gasteiger partial charge >= 0.3 is 0 Å². The summed E-state index contributed by atoms with van der Waals surface area (Å²) in [5, 5.41) is 11.7. The molecule has 3 atom stereocenters. The topological polar surface area (TPSA) is 41.9 Å². The zero-order valence-electron chi connectivity index (χ0n) is 11.9. The van der Waals surface area contributed by atoms with Crippen molar-refractivity contribution in [1.82, 2.24) is 20.4 Å². The number of aromatic nitrogens is 2. The van der Waals surface area contributed by atoms with E-state index < -0.39 is 0 Å². The Morgan fingerprint density at radius 3 is 3.05 bits per heavy atom. The second kappa shape index (κ2) is 6.06. The molecular formula is C15H26N4. The highest BCUT2D eigenvalue weighted by Crippen LogP contribution is 2.31. The molecule has 0 bridgehead atoms. The fourth-order valence-electron chi connectivity index (χ4n) is 3.83. The van der Waals surface area contributed by atoms with E-state index in [2.05, 4.69) is 21.8 Å². The Morgan fingerprint density at radius 2 is 2.32 bits per heavy atom. The van der Waals surface area contributed by atoms with Crippen molar-refractivity contribution in [2.75, 3.05) is 13.1 Å². The van der Waals surface area contributed by atoms with Crippen LogP contribution in [0.3, 0.4) is 0 Å². The lowest BCUT2D eigenvalue weighted by Gasteiger charge is -2.26. The molecule has 1 aromatic rings. The van der Waals surface area contributed by atoms with Gasteiger partial charge in [0.1, 0.15) is 0 Å². The van der Waals surface area contributed by atoms with Gasteiger partial charge in [0.2, 0.25) is 0 Å². The molecule has 0 radical (unpaired) electrons. The maximum Gasteiger partial charge on any atom is 0.0492 e. The third-order valence-electron chi connectivity index (χ3n) is 4.89. The van der Waals surface area contributed by atoms with Crippen molar-refractivity contribution in [3.05, 3.63) is 18.0 Å². The van der Waals surface area contributed by atoms with E-state index in [0.717, 1.165) is 31.0 Å². The fourth-order valence-corrected chi connectivity index (χ4v) is 3.83. The van der Waals surface area contributed by atoms with Crippen LogP contribution in [0.25, 0.3) is 0 Å². The van der Waals surface area contributed by atoms with E-state index in [4.69, 9.17) is 0 Å². The third kappa shape index (κ3) is 3.00. The summed E-state index contributed by atoms with van der Waals surface area (Å²) in [6.45, 7) is 2.30. The van der Waals surface area contributed by atoms with E-state index in [-0.39, 0.29) is 0 Å². The first-order chi connectivity index (χ1) is 9.34. The van der Waals surface area contributed by atoms with Gasteiger partial charge < -0.3 is 10.6 Å². The van der Waals surface area contributed by atoms with Gasteiger partial charge in [-0.1, -0.05) is 6.42 Å². The van der Waals surface area contributed by atoms with Crippen LogP contribution in [0.1, 0.15) is 37.8 Å². The van der Waals surface area contributed by atoms with Crippen LogP contribution in [-0.4, -0.2) is 35.0 Å². The molecular weight excluding hydrogens is 236 g/mol. The predicted molar refractivity (Wildman–Crippen MR) is 77.1 cm³/mol. The summed E-state index contributed by atoms with van der Waals surface area (Å²) >= 11 is 0. The van der Waals surface area contributed by atoms with Gasteiger partial charge in [-0.05, 0) is 44.2 Å². The lowest BCUT2D eigenvalue weighted by atomic mass is 9.93. The Labute approximate surface area is 116 Å². The maximum absolute atomic E-state index is 4.22. The summed E-state index contributed by atoms with van der Waals surface area (Å²) in [5.41, 5.74) is 1.32. The molecule has 1 aliphatic heterocycles. The smallest absolute Gasteiger partial charge is 0.0492 e. The van der Waals surface area contributed by atoms with Crippen LogP contribution in [0.5, 0.6) is 0 Å². The molecule has 106 valence electrons. The minimum absolute atomic E-state index is 0.726. The van der Waals surface area contributed by atoms with Gasteiger partial charge in [-0.15, -0.1) is 0 Å². The number of aryl methyl sites for hydroxylation is 1. The first-order valence-electron chi connectivity index (χ1n) is 7.78. The van der Waals surface area contributed by atoms with Gasteiger partial charge in [0.25, 0.3) is 0 Å². The van der Waals surface area contributed by atoms with E-state index in [1.807, 2.05) is 17.9 Å². The molecule has 0 amide bonds. The standard InChI is InChI=1S/C15H26N4/c1-19-12(8-11-18-19)7-10-17-14-5-2-4-13(14)15-6-3-9-16-15/h8,11,13-17H,2-7,9-10H2,1H3. The first-order valence-corrected chi connectivity index (χ1v) is 7.78. The van der Waals surface area contributed by atoms with Crippen molar-refractivity contribution in [1.29, 1.82) is 0 Å². The van der Waals surface area contributed by atoms with Crippen molar-refractivity contribution in [2.24, 2.45) is 13.0 Å². The third-order valence-corrected chi connectivity index (χ3v) is 4.89. The highest BCUT2D eigenvalue weighted by Gasteiger charge is 2.34. The molecule has 4 nitrogen and oxygen atoms in total. The summed E-state index contributed by atoms with van der Waals surface area (Å²) in [5.74, 6) is 0.856. The average Bonchev–Trinajstić information content (AvgIpc) is 3.11. The van der Waals surface area contributed by atoms with E-state index >= 15 is 0 Å². The van der Waals surface area contributed by atoms with Gasteiger partial charge in [-0.25, -0.2) is 0 Å². The summed E-state index contributed by atoms with van der Waals surface area (Å²) in [6, 6.07) is 3.62. The second-order valence-electron chi connectivity index (χ2n) is 6.05. The van der Waals surface area contributed by atoms with Crippen LogP contribution in [0.15, 0.2) is 12.3 Å². The van der Waals surface area contributed by atoms with Gasteiger partial charge in [-0.2, -0.15) is 5.10 Å². The lowest BCUT2D eigenvalue weighted by Crippen LogP contribution is -2.42. The molecule has 0 aromatic carbocycles. The molecule has 2 fully saturated rings. The highest BCUT2D eigenvalue weighted by atomic mass is 15.3. The van der Waals surface area contributed by atoms with E-state index in [0.29, 0.717) is 0 Å². The fraction of sp³-hybridized carbons (Fsp3) is 0.800. The van der Waals surface area contributed by atoms with Gasteiger partial charge in [-0.3, -0.25) is 4.68 Å². The second-order valence-corrected chi connectivity index (χ2v) is 6.05. The molecule has 3 unspecified atom stereocenters. The number of hydrogen-bond acceptors (Lipinski definition) is 3. The van der Waals surface area contributed by atoms with Gasteiger partial charge in [0.15, 0.2) is 0 Å². The van der Waals surface area contributed by atoms with Crippen LogP contribution >= 0.6 is 0 Å². The highest BCUT2D eigenvalue weighted by molar-refractivity contribution is 5.01. The Hall–Kier alpha value is -0.870. The minimum Gasteiger partial charge on any atom is -0.314 e. The zero-order chi connectivity index (χ0) is 13.1. The number of rotatable bonds is 5. The lowest BCUT2D eigenvalue weighted by molar-refractivity contribution is 0.322. The van der Waals surface area contributed by atoms with Crippen LogP contribution in [0, 0.1) is 5.92 Å². The van der Waals surface area contributed by atoms with Crippen LogP contribution in [-0.2, 0) is 13.5 Å². The minimum atomic E-state index is 0.726. The quantitative estimate of drug-likeness (QED) is 0.844. The normalized spacial score (nSPS) is 31.1. The molecule has 3 rings (SSSR count). The monoisotopic (exact) mass is 262 g/mol. The van der Waals surface area contributed by atoms with Crippen molar-refractivity contribution < 1.29 is 0 Å². The largest absolute Gasteiger partial charge is 0.314 e. The molecule has 1 saturated heterocycles. The molecule has 0 spiro atoms. The van der Waals surface area contributed by atoms with E-state index in [9.17, 15) is 0 Å². The van der Waals surface area contributed by atoms with Crippen molar-refractivity contribution in [2.45, 2.75) is 50.6 Å². The van der Waals surface area contributed by atoms with Crippen LogP contribution < -0.4 is 10.6 Å². The van der Waals surface area contributed by atoms with Crippen LogP contribution in [0.2, 0.25) is 0 Å². The van der Waals surface area contributed by atoms with E-state index in [1.54, 1.807) is 0 Å². The maximum atomic E-state index is 4.22. The molecule has 1 aromatic heterocycles. The Balaban J connectivity index is 1.47. The Morgan fingerprint density at radius 1 is 1.37 bits per heavy atom. The SMILES string of the molecule is Cn1nccc1CCNC1CCCC1C1CCCN1. The molecule has 19 heavy (non-hydrogen) atoms. The predicted octanol–water partition coefficient (Wildman–Crippen LogP) is 1.47. The molecule has 1 saturated carbocycles. The Bertz CT molecular complexity index is 395. The number of hydrogen-bond donors (Lipinski definition) is 2.